The third kappa shape index (κ3) is 4.15. The highest BCUT2D eigenvalue weighted by Gasteiger charge is 2.37. The van der Waals surface area contributed by atoms with E-state index < -0.39 is 5.97 Å². The van der Waals surface area contributed by atoms with Crippen LogP contribution in [0.3, 0.4) is 0 Å². The van der Waals surface area contributed by atoms with Gasteiger partial charge in [0.15, 0.2) is 0 Å². The van der Waals surface area contributed by atoms with Gasteiger partial charge in [-0.05, 0) is 61.2 Å². The number of hydrogen-bond donors (Lipinski definition) is 0. The highest BCUT2D eigenvalue weighted by molar-refractivity contribution is 6.23. The van der Waals surface area contributed by atoms with E-state index in [0.29, 0.717) is 23.8 Å². The van der Waals surface area contributed by atoms with Crippen molar-refractivity contribution in [2.45, 2.75) is 33.6 Å². The quantitative estimate of drug-likeness (QED) is 0.496. The van der Waals surface area contributed by atoms with Crippen LogP contribution in [-0.4, -0.2) is 25.6 Å². The molecule has 5 nitrogen and oxygen atoms in total. The lowest BCUT2D eigenvalue weighted by Crippen LogP contribution is -2.24. The van der Waals surface area contributed by atoms with E-state index >= 15 is 0 Å². The number of benzene rings is 2. The van der Waals surface area contributed by atoms with E-state index in [1.54, 1.807) is 17.9 Å². The van der Waals surface area contributed by atoms with Gasteiger partial charge in [0.2, 0.25) is 0 Å². The van der Waals surface area contributed by atoms with Crippen molar-refractivity contribution in [1.29, 1.82) is 0 Å². The molecule has 0 atom stereocenters. The predicted molar refractivity (Wildman–Crippen MR) is 118 cm³/mol. The Labute approximate surface area is 177 Å². The molecule has 156 valence electrons. The van der Waals surface area contributed by atoms with Gasteiger partial charge in [-0.15, -0.1) is 0 Å². The fourth-order valence-electron chi connectivity index (χ4n) is 3.49. The van der Waals surface area contributed by atoms with Crippen molar-refractivity contribution in [3.63, 3.8) is 0 Å². The Bertz CT molecular complexity index is 998. The monoisotopic (exact) mass is 405 g/mol. The molecule has 2 aromatic rings. The van der Waals surface area contributed by atoms with E-state index in [9.17, 15) is 9.59 Å². The molecule has 5 heteroatoms. The number of rotatable bonds is 6. The first-order chi connectivity index (χ1) is 14.4. The summed E-state index contributed by atoms with van der Waals surface area (Å²) < 4.78 is 10.4. The summed E-state index contributed by atoms with van der Waals surface area (Å²) in [6.45, 7) is 8.51. The number of carbonyl (C=O) groups is 2. The smallest absolute Gasteiger partial charge is 0.340 e. The maximum atomic E-state index is 13.3. The fraction of sp³-hybridized carbons (Fsp3) is 0.280. The average Bonchev–Trinajstić information content (AvgIpc) is 2.98. The van der Waals surface area contributed by atoms with Crippen LogP contribution in [0.15, 0.2) is 65.4 Å². The second-order valence-electron chi connectivity index (χ2n) is 7.40. The summed E-state index contributed by atoms with van der Waals surface area (Å²) in [7, 11) is 1.32. The molecule has 0 aliphatic carbocycles. The summed E-state index contributed by atoms with van der Waals surface area (Å²) in [5, 5.41) is 0. The van der Waals surface area contributed by atoms with E-state index in [1.807, 2.05) is 55.5 Å². The van der Waals surface area contributed by atoms with Crippen LogP contribution in [-0.2, 0) is 14.3 Å². The Hall–Kier alpha value is -3.34. The normalized spacial score (nSPS) is 15.3. The molecule has 0 fully saturated rings. The molecule has 1 aliphatic heterocycles. The SMILES string of the molecule is CCOc1ccc(/C=C2\C(=O)N(c3ccc(C(C)C)cc3)C(C)=C2C(=O)OC)cc1. The van der Waals surface area contributed by atoms with E-state index in [2.05, 4.69) is 13.8 Å². The molecule has 0 aromatic heterocycles. The van der Waals surface area contributed by atoms with Gasteiger partial charge in [0.1, 0.15) is 5.75 Å². The molecular weight excluding hydrogens is 378 g/mol. The molecule has 1 amide bonds. The minimum atomic E-state index is -0.528. The van der Waals surface area contributed by atoms with Gasteiger partial charge in [-0.1, -0.05) is 38.1 Å². The lowest BCUT2D eigenvalue weighted by atomic mass is 10.0. The molecule has 0 spiro atoms. The van der Waals surface area contributed by atoms with Crippen LogP contribution in [0.4, 0.5) is 5.69 Å². The first kappa shape index (κ1) is 21.4. The number of anilines is 1. The zero-order chi connectivity index (χ0) is 21.8. The summed E-state index contributed by atoms with van der Waals surface area (Å²) >= 11 is 0. The van der Waals surface area contributed by atoms with Gasteiger partial charge in [-0.25, -0.2) is 4.79 Å². The molecule has 0 radical (unpaired) electrons. The van der Waals surface area contributed by atoms with Crippen molar-refractivity contribution in [2.75, 3.05) is 18.6 Å². The minimum absolute atomic E-state index is 0.251. The van der Waals surface area contributed by atoms with Crippen LogP contribution in [0.5, 0.6) is 5.75 Å². The summed E-state index contributed by atoms with van der Waals surface area (Å²) in [6.07, 6.45) is 1.72. The summed E-state index contributed by atoms with van der Waals surface area (Å²) in [5.41, 5.74) is 3.86. The van der Waals surface area contributed by atoms with E-state index in [4.69, 9.17) is 9.47 Å². The van der Waals surface area contributed by atoms with Crippen LogP contribution in [0.25, 0.3) is 6.08 Å². The van der Waals surface area contributed by atoms with Gasteiger partial charge in [0.25, 0.3) is 5.91 Å². The van der Waals surface area contributed by atoms with Crippen LogP contribution in [0.1, 0.15) is 44.7 Å². The Morgan fingerprint density at radius 2 is 1.70 bits per heavy atom. The largest absolute Gasteiger partial charge is 0.494 e. The highest BCUT2D eigenvalue weighted by atomic mass is 16.5. The van der Waals surface area contributed by atoms with Crippen LogP contribution in [0, 0.1) is 0 Å². The minimum Gasteiger partial charge on any atom is -0.494 e. The fourth-order valence-corrected chi connectivity index (χ4v) is 3.49. The van der Waals surface area contributed by atoms with Crippen molar-refractivity contribution >= 4 is 23.6 Å². The maximum Gasteiger partial charge on any atom is 0.340 e. The van der Waals surface area contributed by atoms with Crippen molar-refractivity contribution < 1.29 is 19.1 Å². The Morgan fingerprint density at radius 1 is 1.07 bits per heavy atom. The van der Waals surface area contributed by atoms with Gasteiger partial charge in [-0.2, -0.15) is 0 Å². The molecule has 1 heterocycles. The summed E-state index contributed by atoms with van der Waals surface area (Å²) in [6, 6.07) is 15.2. The summed E-state index contributed by atoms with van der Waals surface area (Å²) in [4.78, 5) is 27.4. The van der Waals surface area contributed by atoms with Gasteiger partial charge in [-0.3, -0.25) is 9.69 Å². The molecular formula is C25H27NO4. The lowest BCUT2D eigenvalue weighted by Gasteiger charge is -2.19. The predicted octanol–water partition coefficient (Wildman–Crippen LogP) is 5.09. The lowest BCUT2D eigenvalue weighted by molar-refractivity contribution is -0.136. The Morgan fingerprint density at radius 3 is 2.23 bits per heavy atom. The molecule has 0 N–H and O–H groups in total. The van der Waals surface area contributed by atoms with Crippen molar-refractivity contribution in [1.82, 2.24) is 0 Å². The third-order valence-electron chi connectivity index (χ3n) is 5.11. The maximum absolute atomic E-state index is 13.3. The molecule has 0 bridgehead atoms. The number of amides is 1. The van der Waals surface area contributed by atoms with Gasteiger partial charge in [0, 0.05) is 11.4 Å². The number of allylic oxidation sites excluding steroid dienone is 1. The van der Waals surface area contributed by atoms with Crippen molar-refractivity contribution in [3.05, 3.63) is 76.5 Å². The first-order valence-electron chi connectivity index (χ1n) is 10.1. The molecule has 0 saturated heterocycles. The van der Waals surface area contributed by atoms with Crippen LogP contribution in [0.2, 0.25) is 0 Å². The molecule has 2 aromatic carbocycles. The zero-order valence-corrected chi connectivity index (χ0v) is 18.1. The average molecular weight is 405 g/mol. The topological polar surface area (TPSA) is 55.8 Å². The van der Waals surface area contributed by atoms with Gasteiger partial charge < -0.3 is 9.47 Å². The second-order valence-corrected chi connectivity index (χ2v) is 7.40. The van der Waals surface area contributed by atoms with E-state index in [1.165, 1.54) is 12.7 Å². The number of ether oxygens (including phenoxy) is 2. The molecule has 0 unspecified atom stereocenters. The van der Waals surface area contributed by atoms with Crippen LogP contribution >= 0.6 is 0 Å². The number of nitrogens with zero attached hydrogens (tertiary/aromatic N) is 1. The molecule has 30 heavy (non-hydrogen) atoms. The molecule has 3 rings (SSSR count). The standard InChI is InChI=1S/C25H27NO4/c1-6-30-21-13-7-18(8-14-21)15-22-23(25(28)29-5)17(4)26(24(22)27)20-11-9-19(10-12-20)16(2)3/h7-16H,6H2,1-5H3/b22-15-. The molecule has 1 aliphatic rings. The number of carbonyl (C=O) groups excluding carboxylic acids is 2. The first-order valence-corrected chi connectivity index (χ1v) is 10.1. The van der Waals surface area contributed by atoms with E-state index in [-0.39, 0.29) is 11.5 Å². The third-order valence-corrected chi connectivity index (χ3v) is 5.11. The van der Waals surface area contributed by atoms with Gasteiger partial charge in [0.05, 0.1) is 24.9 Å². The van der Waals surface area contributed by atoms with Crippen LogP contribution < -0.4 is 9.64 Å². The second kappa shape index (κ2) is 8.99. The number of methoxy groups -OCH3 is 1. The zero-order valence-electron chi connectivity index (χ0n) is 18.1. The van der Waals surface area contributed by atoms with E-state index in [0.717, 1.165) is 17.0 Å². The number of hydrogen-bond acceptors (Lipinski definition) is 4. The van der Waals surface area contributed by atoms with Gasteiger partial charge >= 0.3 is 5.97 Å². The van der Waals surface area contributed by atoms with Crippen molar-refractivity contribution in [3.8, 4) is 5.75 Å². The Balaban J connectivity index is 2.03. The molecule has 0 saturated carbocycles. The van der Waals surface area contributed by atoms with Crippen molar-refractivity contribution in [2.24, 2.45) is 0 Å². The Kier molecular flexibility index (Phi) is 6.40. The number of esters is 1. The highest BCUT2D eigenvalue weighted by Crippen LogP contribution is 2.36. The summed E-state index contributed by atoms with van der Waals surface area (Å²) in [5.74, 6) is 0.369.